The van der Waals surface area contributed by atoms with Crippen LogP contribution in [0.5, 0.6) is 0 Å². The van der Waals surface area contributed by atoms with Crippen molar-refractivity contribution in [1.29, 1.82) is 0 Å². The van der Waals surface area contributed by atoms with E-state index in [0.29, 0.717) is 11.0 Å². The molecule has 2 N–H and O–H groups in total. The van der Waals surface area contributed by atoms with Gasteiger partial charge in [0.1, 0.15) is 5.82 Å². The lowest BCUT2D eigenvalue weighted by Crippen LogP contribution is -2.39. The summed E-state index contributed by atoms with van der Waals surface area (Å²) in [6, 6.07) is 5.46. The van der Waals surface area contributed by atoms with Crippen LogP contribution in [0.2, 0.25) is 0 Å². The maximum absolute atomic E-state index is 13.6. The Morgan fingerprint density at radius 3 is 2.67 bits per heavy atom. The Morgan fingerprint density at radius 1 is 1.44 bits per heavy atom. The molecule has 0 amide bonds. The van der Waals surface area contributed by atoms with Gasteiger partial charge in [-0.15, -0.1) is 0 Å². The standard InChI is InChI=1S/C14H20BrFN2/c1-10-4-6-18(7-5-10)14(9-17)11-2-3-12(15)13(16)8-11/h2-3,8,10,14H,4-7,9,17H2,1H3. The van der Waals surface area contributed by atoms with Crippen LogP contribution >= 0.6 is 15.9 Å². The normalized spacial score (nSPS) is 20.0. The topological polar surface area (TPSA) is 29.3 Å². The van der Waals surface area contributed by atoms with Gasteiger partial charge in [0.15, 0.2) is 0 Å². The van der Waals surface area contributed by atoms with Gasteiger partial charge in [-0.25, -0.2) is 4.39 Å². The number of hydrogen-bond donors (Lipinski definition) is 1. The Bertz CT molecular complexity index is 403. The molecule has 1 unspecified atom stereocenters. The van der Waals surface area contributed by atoms with Gasteiger partial charge in [-0.2, -0.15) is 0 Å². The predicted octanol–water partition coefficient (Wildman–Crippen LogP) is 3.32. The second-order valence-corrected chi connectivity index (χ2v) is 6.00. The molecule has 1 aromatic rings. The fourth-order valence-electron chi connectivity index (χ4n) is 2.56. The summed E-state index contributed by atoms with van der Waals surface area (Å²) in [4.78, 5) is 2.38. The van der Waals surface area contributed by atoms with Crippen LogP contribution in [0, 0.1) is 11.7 Å². The molecule has 0 bridgehead atoms. The van der Waals surface area contributed by atoms with Crippen LogP contribution < -0.4 is 5.73 Å². The first-order chi connectivity index (χ1) is 8.61. The largest absolute Gasteiger partial charge is 0.329 e. The molecule has 0 radical (unpaired) electrons. The van der Waals surface area contributed by atoms with Gasteiger partial charge in [0, 0.05) is 12.6 Å². The van der Waals surface area contributed by atoms with E-state index in [2.05, 4.69) is 27.8 Å². The van der Waals surface area contributed by atoms with Crippen LogP contribution in [0.1, 0.15) is 31.4 Å². The van der Waals surface area contributed by atoms with Crippen LogP contribution in [-0.4, -0.2) is 24.5 Å². The molecule has 0 spiro atoms. The van der Waals surface area contributed by atoms with Crippen molar-refractivity contribution in [2.45, 2.75) is 25.8 Å². The Hall–Kier alpha value is -0.450. The van der Waals surface area contributed by atoms with Gasteiger partial charge >= 0.3 is 0 Å². The third-order valence-corrected chi connectivity index (χ3v) is 4.45. The molecule has 0 aliphatic carbocycles. The summed E-state index contributed by atoms with van der Waals surface area (Å²) in [6.45, 7) is 4.94. The lowest BCUT2D eigenvalue weighted by Gasteiger charge is -2.36. The molecule has 0 saturated carbocycles. The number of nitrogens with zero attached hydrogens (tertiary/aromatic N) is 1. The highest BCUT2D eigenvalue weighted by atomic mass is 79.9. The van der Waals surface area contributed by atoms with E-state index in [9.17, 15) is 4.39 Å². The van der Waals surface area contributed by atoms with Gasteiger partial charge in [0.2, 0.25) is 0 Å². The van der Waals surface area contributed by atoms with E-state index in [1.54, 1.807) is 12.1 Å². The molecule has 1 heterocycles. The van der Waals surface area contributed by atoms with E-state index >= 15 is 0 Å². The highest BCUT2D eigenvalue weighted by Crippen LogP contribution is 2.28. The van der Waals surface area contributed by atoms with E-state index in [4.69, 9.17) is 5.73 Å². The van der Waals surface area contributed by atoms with Crippen molar-refractivity contribution in [2.75, 3.05) is 19.6 Å². The number of halogens is 2. The Labute approximate surface area is 116 Å². The van der Waals surface area contributed by atoms with Gasteiger partial charge in [-0.1, -0.05) is 13.0 Å². The first kappa shape index (κ1) is 14.0. The molecule has 1 aromatic carbocycles. The second kappa shape index (κ2) is 6.13. The van der Waals surface area contributed by atoms with Crippen molar-refractivity contribution in [3.63, 3.8) is 0 Å². The summed E-state index contributed by atoms with van der Waals surface area (Å²) >= 11 is 3.18. The Kier molecular flexibility index (Phi) is 4.76. The van der Waals surface area contributed by atoms with Crippen molar-refractivity contribution in [3.05, 3.63) is 34.1 Å². The summed E-state index contributed by atoms with van der Waals surface area (Å²) in [5, 5.41) is 0. The maximum Gasteiger partial charge on any atom is 0.137 e. The lowest BCUT2D eigenvalue weighted by atomic mass is 9.96. The first-order valence-electron chi connectivity index (χ1n) is 6.51. The van der Waals surface area contributed by atoms with Gasteiger partial charge in [-0.05, 0) is 65.5 Å². The second-order valence-electron chi connectivity index (χ2n) is 5.14. The molecule has 1 saturated heterocycles. The van der Waals surface area contributed by atoms with Crippen molar-refractivity contribution < 1.29 is 4.39 Å². The van der Waals surface area contributed by atoms with Crippen LogP contribution in [-0.2, 0) is 0 Å². The monoisotopic (exact) mass is 314 g/mol. The number of rotatable bonds is 3. The van der Waals surface area contributed by atoms with Crippen LogP contribution in [0.4, 0.5) is 4.39 Å². The average molecular weight is 315 g/mol. The molecule has 2 rings (SSSR count). The fourth-order valence-corrected chi connectivity index (χ4v) is 2.80. The fraction of sp³-hybridized carbons (Fsp3) is 0.571. The van der Waals surface area contributed by atoms with Crippen LogP contribution in [0.15, 0.2) is 22.7 Å². The molecule has 1 aliphatic heterocycles. The third-order valence-electron chi connectivity index (χ3n) is 3.81. The average Bonchev–Trinajstić information content (AvgIpc) is 2.37. The smallest absolute Gasteiger partial charge is 0.137 e. The van der Waals surface area contributed by atoms with Gasteiger partial charge < -0.3 is 5.73 Å². The molecule has 1 aliphatic rings. The summed E-state index contributed by atoms with van der Waals surface area (Å²) in [7, 11) is 0. The molecule has 0 aromatic heterocycles. The summed E-state index contributed by atoms with van der Waals surface area (Å²) in [5.41, 5.74) is 6.86. The quantitative estimate of drug-likeness (QED) is 0.927. The van der Waals surface area contributed by atoms with E-state index in [1.807, 2.05) is 6.07 Å². The van der Waals surface area contributed by atoms with E-state index in [1.165, 1.54) is 12.8 Å². The molecule has 4 heteroatoms. The number of piperidine rings is 1. The number of nitrogens with two attached hydrogens (primary N) is 1. The molecule has 18 heavy (non-hydrogen) atoms. The zero-order valence-electron chi connectivity index (χ0n) is 10.7. The minimum atomic E-state index is -0.212. The van der Waals surface area contributed by atoms with E-state index < -0.39 is 0 Å². The SMILES string of the molecule is CC1CCN(C(CN)c2ccc(Br)c(F)c2)CC1. The third kappa shape index (κ3) is 3.11. The van der Waals surface area contributed by atoms with Crippen molar-refractivity contribution in [1.82, 2.24) is 4.90 Å². The maximum atomic E-state index is 13.6. The van der Waals surface area contributed by atoms with Crippen molar-refractivity contribution in [3.8, 4) is 0 Å². The lowest BCUT2D eigenvalue weighted by molar-refractivity contribution is 0.141. The predicted molar refractivity (Wildman–Crippen MR) is 75.9 cm³/mol. The molecule has 100 valence electrons. The summed E-state index contributed by atoms with van der Waals surface area (Å²) in [5.74, 6) is 0.581. The highest BCUT2D eigenvalue weighted by Gasteiger charge is 2.24. The number of likely N-dealkylation sites (tertiary alicyclic amines) is 1. The van der Waals surface area contributed by atoms with Gasteiger partial charge in [-0.3, -0.25) is 4.90 Å². The zero-order chi connectivity index (χ0) is 13.1. The molecular formula is C14H20BrFN2. The van der Waals surface area contributed by atoms with E-state index in [-0.39, 0.29) is 11.9 Å². The highest BCUT2D eigenvalue weighted by molar-refractivity contribution is 9.10. The first-order valence-corrected chi connectivity index (χ1v) is 7.30. The molecule has 1 atom stereocenters. The number of hydrogen-bond acceptors (Lipinski definition) is 2. The van der Waals surface area contributed by atoms with E-state index in [0.717, 1.165) is 24.6 Å². The summed E-state index contributed by atoms with van der Waals surface area (Å²) in [6.07, 6.45) is 2.41. The summed E-state index contributed by atoms with van der Waals surface area (Å²) < 4.78 is 14.1. The van der Waals surface area contributed by atoms with Crippen molar-refractivity contribution in [2.24, 2.45) is 11.7 Å². The molecular weight excluding hydrogens is 295 g/mol. The minimum absolute atomic E-state index is 0.139. The Balaban J connectivity index is 2.14. The molecule has 2 nitrogen and oxygen atoms in total. The van der Waals surface area contributed by atoms with Crippen LogP contribution in [0.25, 0.3) is 0 Å². The van der Waals surface area contributed by atoms with Crippen molar-refractivity contribution >= 4 is 15.9 Å². The van der Waals surface area contributed by atoms with Gasteiger partial charge in [0.05, 0.1) is 4.47 Å². The minimum Gasteiger partial charge on any atom is -0.329 e. The Morgan fingerprint density at radius 2 is 2.11 bits per heavy atom. The molecule has 1 fully saturated rings. The van der Waals surface area contributed by atoms with Gasteiger partial charge in [0.25, 0.3) is 0 Å². The van der Waals surface area contributed by atoms with Crippen LogP contribution in [0.3, 0.4) is 0 Å². The number of benzene rings is 1. The zero-order valence-corrected chi connectivity index (χ0v) is 12.3.